The van der Waals surface area contributed by atoms with Crippen LogP contribution in [-0.2, 0) is 9.59 Å². The van der Waals surface area contributed by atoms with E-state index in [4.69, 9.17) is 9.47 Å². The van der Waals surface area contributed by atoms with Gasteiger partial charge in [-0.3, -0.25) is 14.4 Å². The van der Waals surface area contributed by atoms with E-state index < -0.39 is 17.8 Å². The van der Waals surface area contributed by atoms with Crippen molar-refractivity contribution in [2.75, 3.05) is 12.1 Å². The van der Waals surface area contributed by atoms with Crippen molar-refractivity contribution in [2.24, 2.45) is 0 Å². The number of hydrogen-bond acceptors (Lipinski definition) is 5. The molecule has 1 amide bonds. The number of carboxylic acid groups (broad SMARTS) is 1. The highest BCUT2D eigenvalue weighted by atomic mass is 16.7. The van der Waals surface area contributed by atoms with Gasteiger partial charge in [0.2, 0.25) is 12.7 Å². The number of amides is 1. The number of benzene rings is 2. The average molecular weight is 355 g/mol. The molecule has 1 aliphatic heterocycles. The number of rotatable bonds is 6. The third-order valence-corrected chi connectivity index (χ3v) is 4.06. The van der Waals surface area contributed by atoms with Crippen LogP contribution in [0.3, 0.4) is 0 Å². The van der Waals surface area contributed by atoms with Crippen LogP contribution >= 0.6 is 0 Å². The monoisotopic (exact) mass is 355 g/mol. The normalized spacial score (nSPS) is 13.1. The molecule has 0 radical (unpaired) electrons. The molecule has 1 atom stereocenters. The second-order valence-electron chi connectivity index (χ2n) is 5.86. The summed E-state index contributed by atoms with van der Waals surface area (Å²) in [5, 5.41) is 12.1. The maximum atomic E-state index is 12.4. The van der Waals surface area contributed by atoms with E-state index in [-0.39, 0.29) is 30.2 Å². The SMILES string of the molecule is CC(=O)c1cc2c(cc1NC(=O)C[C@H](C(=O)O)c1ccccc1)OCO2. The lowest BCUT2D eigenvalue weighted by atomic mass is 9.95. The van der Waals surface area contributed by atoms with Gasteiger partial charge in [0.15, 0.2) is 17.3 Å². The summed E-state index contributed by atoms with van der Waals surface area (Å²) < 4.78 is 10.5. The van der Waals surface area contributed by atoms with Crippen LogP contribution < -0.4 is 14.8 Å². The van der Waals surface area contributed by atoms with Crippen LogP contribution in [0.25, 0.3) is 0 Å². The second kappa shape index (κ2) is 7.26. The number of carbonyl (C=O) groups excluding carboxylic acids is 2. The van der Waals surface area contributed by atoms with E-state index in [0.717, 1.165) is 0 Å². The van der Waals surface area contributed by atoms with Gasteiger partial charge in [-0.05, 0) is 18.6 Å². The molecule has 3 rings (SSSR count). The lowest BCUT2D eigenvalue weighted by Gasteiger charge is -2.14. The fourth-order valence-corrected chi connectivity index (χ4v) is 2.76. The lowest BCUT2D eigenvalue weighted by Crippen LogP contribution is -2.21. The highest BCUT2D eigenvalue weighted by Crippen LogP contribution is 2.37. The highest BCUT2D eigenvalue weighted by Gasteiger charge is 2.25. The summed E-state index contributed by atoms with van der Waals surface area (Å²) >= 11 is 0. The molecule has 0 aromatic heterocycles. The smallest absolute Gasteiger partial charge is 0.311 e. The summed E-state index contributed by atoms with van der Waals surface area (Å²) in [7, 11) is 0. The van der Waals surface area contributed by atoms with Crippen molar-refractivity contribution in [2.45, 2.75) is 19.3 Å². The van der Waals surface area contributed by atoms with Gasteiger partial charge < -0.3 is 19.9 Å². The van der Waals surface area contributed by atoms with Crippen LogP contribution in [0.4, 0.5) is 5.69 Å². The van der Waals surface area contributed by atoms with E-state index in [9.17, 15) is 19.5 Å². The Bertz CT molecular complexity index is 862. The lowest BCUT2D eigenvalue weighted by molar-refractivity contribution is -0.140. The van der Waals surface area contributed by atoms with Gasteiger partial charge in [-0.2, -0.15) is 0 Å². The number of ketones is 1. The van der Waals surface area contributed by atoms with Crippen molar-refractivity contribution < 1.29 is 29.0 Å². The topological polar surface area (TPSA) is 102 Å². The van der Waals surface area contributed by atoms with Crippen LogP contribution in [0.15, 0.2) is 42.5 Å². The summed E-state index contributed by atoms with van der Waals surface area (Å²) in [6.07, 6.45) is -0.259. The zero-order chi connectivity index (χ0) is 18.7. The Morgan fingerprint density at radius 2 is 1.77 bits per heavy atom. The number of hydrogen-bond donors (Lipinski definition) is 2. The van der Waals surface area contributed by atoms with Gasteiger partial charge in [0.25, 0.3) is 0 Å². The summed E-state index contributed by atoms with van der Waals surface area (Å²) in [5.41, 5.74) is 1.07. The zero-order valence-electron chi connectivity index (χ0n) is 14.0. The highest BCUT2D eigenvalue weighted by molar-refractivity contribution is 6.05. The molecule has 0 unspecified atom stereocenters. The first kappa shape index (κ1) is 17.5. The molecule has 1 aliphatic rings. The van der Waals surface area contributed by atoms with Gasteiger partial charge in [-0.25, -0.2) is 0 Å². The molecule has 0 saturated heterocycles. The molecular weight excluding hydrogens is 338 g/mol. The van der Waals surface area contributed by atoms with Gasteiger partial charge >= 0.3 is 5.97 Å². The minimum atomic E-state index is -1.09. The number of ether oxygens (including phenoxy) is 2. The maximum Gasteiger partial charge on any atom is 0.311 e. The number of aliphatic carboxylic acids is 1. The van der Waals surface area contributed by atoms with Crippen molar-refractivity contribution in [3.05, 3.63) is 53.6 Å². The van der Waals surface area contributed by atoms with E-state index >= 15 is 0 Å². The fourth-order valence-electron chi connectivity index (χ4n) is 2.76. The molecule has 0 spiro atoms. The molecule has 0 fully saturated rings. The fraction of sp³-hybridized carbons (Fsp3) is 0.211. The van der Waals surface area contributed by atoms with Crippen molar-refractivity contribution in [1.82, 2.24) is 0 Å². The molecular formula is C19H17NO6. The van der Waals surface area contributed by atoms with E-state index in [1.165, 1.54) is 19.1 Å². The number of anilines is 1. The molecule has 2 aromatic rings. The van der Waals surface area contributed by atoms with E-state index in [1.807, 2.05) is 0 Å². The van der Waals surface area contributed by atoms with Crippen LogP contribution in [0.1, 0.15) is 35.2 Å². The number of carboxylic acids is 1. The first-order valence-electron chi connectivity index (χ1n) is 7.98. The van der Waals surface area contributed by atoms with Gasteiger partial charge in [0.05, 0.1) is 11.6 Å². The van der Waals surface area contributed by atoms with Crippen molar-refractivity contribution in [1.29, 1.82) is 0 Å². The summed E-state index contributed by atoms with van der Waals surface area (Å²) in [6.45, 7) is 1.41. The molecule has 2 N–H and O–H groups in total. The third kappa shape index (κ3) is 3.66. The van der Waals surface area contributed by atoms with Crippen LogP contribution in [0, 0.1) is 0 Å². The number of fused-ring (bicyclic) bond motifs is 1. The maximum absolute atomic E-state index is 12.4. The summed E-state index contributed by atoms with van der Waals surface area (Å²) in [6, 6.07) is 11.5. The van der Waals surface area contributed by atoms with Crippen LogP contribution in [-0.4, -0.2) is 29.6 Å². The first-order valence-corrected chi connectivity index (χ1v) is 7.98. The molecule has 0 saturated carbocycles. The standard InChI is InChI=1S/C19H17NO6/c1-11(21)13-7-16-17(26-10-25-16)9-15(13)20-18(22)8-14(19(23)24)12-5-3-2-4-6-12/h2-7,9,14H,8,10H2,1H3,(H,20,22)(H,23,24)/t14-/m0/s1. The zero-order valence-corrected chi connectivity index (χ0v) is 14.0. The van der Waals surface area contributed by atoms with Gasteiger partial charge in [0.1, 0.15) is 0 Å². The van der Waals surface area contributed by atoms with E-state index in [0.29, 0.717) is 17.1 Å². The Kier molecular flexibility index (Phi) is 4.88. The number of carbonyl (C=O) groups is 3. The Morgan fingerprint density at radius 1 is 1.12 bits per heavy atom. The van der Waals surface area contributed by atoms with Crippen LogP contribution in [0.2, 0.25) is 0 Å². The summed E-state index contributed by atoms with van der Waals surface area (Å²) in [4.78, 5) is 35.8. The first-order chi connectivity index (χ1) is 12.5. The van der Waals surface area contributed by atoms with E-state index in [2.05, 4.69) is 5.32 Å². The molecule has 7 nitrogen and oxygen atoms in total. The van der Waals surface area contributed by atoms with Gasteiger partial charge in [-0.15, -0.1) is 0 Å². The Morgan fingerprint density at radius 3 is 2.38 bits per heavy atom. The Balaban J connectivity index is 1.81. The molecule has 134 valence electrons. The van der Waals surface area contributed by atoms with Crippen molar-refractivity contribution in [3.63, 3.8) is 0 Å². The average Bonchev–Trinajstić information content (AvgIpc) is 3.06. The van der Waals surface area contributed by atoms with Gasteiger partial charge in [-0.1, -0.05) is 30.3 Å². The predicted molar refractivity (Wildman–Crippen MR) is 92.6 cm³/mol. The largest absolute Gasteiger partial charge is 0.481 e. The minimum Gasteiger partial charge on any atom is -0.481 e. The van der Waals surface area contributed by atoms with Crippen LogP contribution in [0.5, 0.6) is 11.5 Å². The van der Waals surface area contributed by atoms with Crippen molar-refractivity contribution in [3.8, 4) is 11.5 Å². The molecule has 26 heavy (non-hydrogen) atoms. The van der Waals surface area contributed by atoms with Crippen molar-refractivity contribution >= 4 is 23.3 Å². The predicted octanol–water partition coefficient (Wildman–Crippen LogP) is 2.81. The Hall–Kier alpha value is -3.35. The minimum absolute atomic E-state index is 0.0408. The number of Topliss-reactive ketones (excluding diaryl/α,β-unsaturated/α-hetero) is 1. The molecule has 0 aliphatic carbocycles. The van der Waals surface area contributed by atoms with E-state index in [1.54, 1.807) is 30.3 Å². The number of nitrogens with one attached hydrogen (secondary N) is 1. The van der Waals surface area contributed by atoms with Gasteiger partial charge in [0, 0.05) is 18.1 Å². The Labute approximate surface area is 149 Å². The molecule has 1 heterocycles. The second-order valence-corrected chi connectivity index (χ2v) is 5.86. The summed E-state index contributed by atoms with van der Waals surface area (Å²) in [5.74, 6) is -1.99. The quantitative estimate of drug-likeness (QED) is 0.773. The molecule has 0 bridgehead atoms. The molecule has 2 aromatic carbocycles. The third-order valence-electron chi connectivity index (χ3n) is 4.06. The molecule has 7 heteroatoms.